The zero-order valence-corrected chi connectivity index (χ0v) is 18.4. The van der Waals surface area contributed by atoms with Crippen molar-refractivity contribution in [3.8, 4) is 33.4 Å². The van der Waals surface area contributed by atoms with Gasteiger partial charge < -0.3 is 4.81 Å². The summed E-state index contributed by atoms with van der Waals surface area (Å²) < 4.78 is 0. The molecule has 0 N–H and O–H groups in total. The van der Waals surface area contributed by atoms with Crippen LogP contribution in [0.5, 0.6) is 0 Å². The van der Waals surface area contributed by atoms with Gasteiger partial charge in [-0.1, -0.05) is 78.9 Å². The Morgan fingerprint density at radius 3 is 1.91 bits per heavy atom. The number of aromatic nitrogens is 1. The van der Waals surface area contributed by atoms with Crippen molar-refractivity contribution in [1.82, 2.24) is 4.98 Å². The number of hydrogen-bond acceptors (Lipinski definition) is 2. The maximum atomic E-state index is 4.39. The molecule has 0 saturated carbocycles. The largest absolute Gasteiger partial charge is 0.376 e. The summed E-state index contributed by atoms with van der Waals surface area (Å²) in [6, 6.07) is 37.7. The summed E-state index contributed by atoms with van der Waals surface area (Å²) in [7, 11) is 0. The highest BCUT2D eigenvalue weighted by atomic mass is 15.1. The summed E-state index contributed by atoms with van der Waals surface area (Å²) in [4.78, 5) is 6.93. The Morgan fingerprint density at radius 2 is 1.18 bits per heavy atom. The SMILES string of the molecule is Cc1cc(-c2ccc3c(c2)B2c4ccccc4-c4ccccc4N2c2ccccc2-3)ccn1. The van der Waals surface area contributed by atoms with E-state index in [1.165, 1.54) is 55.7 Å². The van der Waals surface area contributed by atoms with Crippen molar-refractivity contribution in [3.05, 3.63) is 115 Å². The van der Waals surface area contributed by atoms with Gasteiger partial charge in [0.15, 0.2) is 0 Å². The van der Waals surface area contributed by atoms with Crippen LogP contribution in [0.3, 0.4) is 0 Å². The molecular weight excluding hydrogens is 399 g/mol. The average Bonchev–Trinajstić information content (AvgIpc) is 2.88. The molecule has 0 amide bonds. The summed E-state index contributed by atoms with van der Waals surface area (Å²) in [5, 5.41) is 0. The van der Waals surface area contributed by atoms with Gasteiger partial charge in [0.2, 0.25) is 0 Å². The number of anilines is 2. The van der Waals surface area contributed by atoms with Crippen molar-refractivity contribution < 1.29 is 0 Å². The molecule has 3 heterocycles. The lowest BCUT2D eigenvalue weighted by Crippen LogP contribution is -2.59. The minimum Gasteiger partial charge on any atom is -0.376 e. The van der Waals surface area contributed by atoms with Gasteiger partial charge in [0.05, 0.1) is 0 Å². The standard InChI is InChI=1S/C30H21BN2/c1-20-18-22(16-17-32-20)21-14-15-24-26-10-4-7-13-30(26)33-29-12-6-3-9-25(29)23-8-2-5-11-27(23)31(33)28(24)19-21/h2-19H,1H3. The molecule has 0 saturated heterocycles. The van der Waals surface area contributed by atoms with Crippen LogP contribution in [-0.2, 0) is 0 Å². The normalized spacial score (nSPS) is 12.9. The fourth-order valence-electron chi connectivity index (χ4n) is 5.60. The predicted molar refractivity (Wildman–Crippen MR) is 139 cm³/mol. The number of nitrogens with zero attached hydrogens (tertiary/aromatic N) is 2. The Bertz CT molecular complexity index is 1560. The molecule has 5 aromatic rings. The number of hydrogen-bond donors (Lipinski definition) is 0. The lowest BCUT2D eigenvalue weighted by molar-refractivity contribution is 1.20. The van der Waals surface area contributed by atoms with Crippen LogP contribution >= 0.6 is 0 Å². The summed E-state index contributed by atoms with van der Waals surface area (Å²) >= 11 is 0. The van der Waals surface area contributed by atoms with Crippen molar-refractivity contribution in [2.75, 3.05) is 4.81 Å². The van der Waals surface area contributed by atoms with Crippen molar-refractivity contribution >= 4 is 29.1 Å². The van der Waals surface area contributed by atoms with Crippen LogP contribution in [0.25, 0.3) is 33.4 Å². The van der Waals surface area contributed by atoms with Gasteiger partial charge in [-0.2, -0.15) is 0 Å². The first-order valence-electron chi connectivity index (χ1n) is 11.4. The molecule has 0 spiro atoms. The van der Waals surface area contributed by atoms with E-state index in [1.807, 2.05) is 13.1 Å². The average molecular weight is 420 g/mol. The zero-order chi connectivity index (χ0) is 21.9. The van der Waals surface area contributed by atoms with Crippen molar-refractivity contribution in [2.24, 2.45) is 0 Å². The first-order chi connectivity index (χ1) is 16.3. The van der Waals surface area contributed by atoms with Crippen LogP contribution in [-0.4, -0.2) is 11.8 Å². The summed E-state index contributed by atoms with van der Waals surface area (Å²) in [6.07, 6.45) is 1.90. The molecule has 33 heavy (non-hydrogen) atoms. The second-order valence-corrected chi connectivity index (χ2v) is 8.88. The van der Waals surface area contributed by atoms with E-state index < -0.39 is 0 Å². The minimum absolute atomic E-state index is 0.129. The second-order valence-electron chi connectivity index (χ2n) is 8.88. The highest BCUT2D eigenvalue weighted by molar-refractivity contribution is 6.92. The van der Waals surface area contributed by atoms with E-state index >= 15 is 0 Å². The van der Waals surface area contributed by atoms with Crippen LogP contribution in [0.2, 0.25) is 0 Å². The van der Waals surface area contributed by atoms with Gasteiger partial charge >= 0.3 is 6.85 Å². The van der Waals surface area contributed by atoms with Crippen molar-refractivity contribution in [2.45, 2.75) is 6.92 Å². The van der Waals surface area contributed by atoms with Crippen LogP contribution in [0.15, 0.2) is 109 Å². The maximum absolute atomic E-state index is 4.39. The quantitative estimate of drug-likeness (QED) is 0.311. The van der Waals surface area contributed by atoms with E-state index in [1.54, 1.807) is 0 Å². The third-order valence-corrected chi connectivity index (χ3v) is 7.00. The van der Waals surface area contributed by atoms with Crippen molar-refractivity contribution in [3.63, 3.8) is 0 Å². The van der Waals surface area contributed by atoms with Gasteiger partial charge in [-0.15, -0.1) is 0 Å². The molecule has 2 aliphatic rings. The molecule has 2 nitrogen and oxygen atoms in total. The number of para-hydroxylation sites is 2. The van der Waals surface area contributed by atoms with Gasteiger partial charge in [0, 0.05) is 34.4 Å². The van der Waals surface area contributed by atoms with Gasteiger partial charge in [-0.05, 0) is 64.4 Å². The van der Waals surface area contributed by atoms with E-state index in [2.05, 4.69) is 113 Å². The highest BCUT2D eigenvalue weighted by Crippen LogP contribution is 2.45. The number of rotatable bonds is 1. The fourth-order valence-corrected chi connectivity index (χ4v) is 5.60. The van der Waals surface area contributed by atoms with Gasteiger partial charge in [-0.25, -0.2) is 0 Å². The van der Waals surface area contributed by atoms with Gasteiger partial charge in [0.25, 0.3) is 0 Å². The van der Waals surface area contributed by atoms with E-state index in [0.717, 1.165) is 5.69 Å². The third-order valence-electron chi connectivity index (χ3n) is 7.00. The van der Waals surface area contributed by atoms with Crippen LogP contribution in [0, 0.1) is 6.92 Å². The fraction of sp³-hybridized carbons (Fsp3) is 0.0333. The van der Waals surface area contributed by atoms with Gasteiger partial charge in [0.1, 0.15) is 0 Å². The molecule has 0 aliphatic carbocycles. The molecular formula is C30H21BN2. The van der Waals surface area contributed by atoms with Gasteiger partial charge in [-0.3, -0.25) is 4.98 Å². The number of fused-ring (bicyclic) bond motifs is 11. The Balaban J connectivity index is 1.56. The summed E-state index contributed by atoms with van der Waals surface area (Å²) in [5.41, 5.74) is 13.9. The Hall–Kier alpha value is -4.11. The molecule has 0 unspecified atom stereocenters. The van der Waals surface area contributed by atoms with Crippen LogP contribution < -0.4 is 15.7 Å². The topological polar surface area (TPSA) is 16.1 Å². The van der Waals surface area contributed by atoms with Crippen molar-refractivity contribution in [1.29, 1.82) is 0 Å². The molecule has 1 aromatic heterocycles. The summed E-state index contributed by atoms with van der Waals surface area (Å²) in [6.45, 7) is 2.18. The molecule has 0 atom stereocenters. The zero-order valence-electron chi connectivity index (χ0n) is 18.4. The molecule has 0 radical (unpaired) electrons. The Kier molecular flexibility index (Phi) is 3.89. The predicted octanol–water partition coefficient (Wildman–Crippen LogP) is 5.96. The van der Waals surface area contributed by atoms with Crippen LogP contribution in [0.4, 0.5) is 11.4 Å². The molecule has 3 heteroatoms. The maximum Gasteiger partial charge on any atom is 0.329 e. The molecule has 0 bridgehead atoms. The van der Waals surface area contributed by atoms with E-state index in [4.69, 9.17) is 0 Å². The summed E-state index contributed by atoms with van der Waals surface area (Å²) in [5.74, 6) is 0. The van der Waals surface area contributed by atoms with E-state index in [0.29, 0.717) is 0 Å². The molecule has 0 fully saturated rings. The number of aryl methyl sites for hydroxylation is 1. The molecule has 154 valence electrons. The smallest absolute Gasteiger partial charge is 0.329 e. The first-order valence-corrected chi connectivity index (χ1v) is 11.4. The van der Waals surface area contributed by atoms with E-state index in [9.17, 15) is 0 Å². The Morgan fingerprint density at radius 1 is 0.576 bits per heavy atom. The van der Waals surface area contributed by atoms with Crippen LogP contribution in [0.1, 0.15) is 5.69 Å². The third kappa shape index (κ3) is 2.66. The second kappa shape index (κ2) is 6.95. The highest BCUT2D eigenvalue weighted by Gasteiger charge is 2.41. The minimum atomic E-state index is 0.129. The first kappa shape index (κ1) is 18.5. The number of benzene rings is 4. The van der Waals surface area contributed by atoms with E-state index in [-0.39, 0.29) is 6.85 Å². The molecule has 7 rings (SSSR count). The molecule has 4 aromatic carbocycles. The Labute approximate surface area is 194 Å². The molecule has 2 aliphatic heterocycles. The number of pyridine rings is 1. The lowest BCUT2D eigenvalue weighted by Gasteiger charge is -2.43. The monoisotopic (exact) mass is 420 g/mol. The lowest BCUT2D eigenvalue weighted by atomic mass is 9.43.